The molecule has 2 aromatic carbocycles. The van der Waals surface area contributed by atoms with Crippen LogP contribution in [0.2, 0.25) is 0 Å². The molecule has 52 heavy (non-hydrogen) atoms. The minimum absolute atomic E-state index is 0.186. The zero-order chi connectivity index (χ0) is 36.4. The van der Waals surface area contributed by atoms with Crippen molar-refractivity contribution in [1.82, 2.24) is 44.2 Å². The number of rotatable bonds is 7. The molecule has 2 fully saturated rings. The van der Waals surface area contributed by atoms with E-state index in [1.165, 1.54) is 24.3 Å². The number of benzene rings is 2. The van der Waals surface area contributed by atoms with Crippen LogP contribution in [0.4, 0.5) is 8.78 Å². The van der Waals surface area contributed by atoms with Crippen LogP contribution in [0, 0.1) is 11.6 Å². The van der Waals surface area contributed by atoms with E-state index in [-0.39, 0.29) is 23.4 Å². The number of hydrogen-bond acceptors (Lipinski definition) is 5. The summed E-state index contributed by atoms with van der Waals surface area (Å²) in [7, 11) is 3.82. The summed E-state index contributed by atoms with van der Waals surface area (Å²) in [6.45, 7) is 5.47. The fraction of sp³-hybridized carbons (Fsp3) is 0.385. The van der Waals surface area contributed by atoms with Crippen molar-refractivity contribution in [3.8, 4) is 22.3 Å². The average molecular weight is 710 g/mol. The Morgan fingerprint density at radius 3 is 1.60 bits per heavy atom. The standard InChI is InChI=1S/C20H24FN5O.C19H21FN4O/c1-24(2)13-20(27)25-7-5-16(6-8-25)26-12-14(10-23-26)18-11-22-19-9-15(21)3-4-17(18)19;1-2-19(25)23-7-5-15(6-8-23)24-12-13(10-22-24)17-11-21-18-9-14(20)3-4-16(17)18/h3-4,9-12,16,22H,5-8,13H2,1-2H3;3-4,9-12,15,21H,2,5-8H2,1H3. The summed E-state index contributed by atoms with van der Waals surface area (Å²) in [6, 6.07) is 10.2. The van der Waals surface area contributed by atoms with Crippen molar-refractivity contribution in [2.24, 2.45) is 0 Å². The van der Waals surface area contributed by atoms with Gasteiger partial charge in [-0.2, -0.15) is 10.2 Å². The molecule has 0 unspecified atom stereocenters. The molecule has 0 spiro atoms. The van der Waals surface area contributed by atoms with Crippen LogP contribution in [0.3, 0.4) is 0 Å². The van der Waals surface area contributed by atoms with Crippen molar-refractivity contribution in [1.29, 1.82) is 0 Å². The number of carbonyl (C=O) groups is 2. The molecule has 2 aliphatic rings. The second-order valence-corrected chi connectivity index (χ2v) is 14.0. The van der Waals surface area contributed by atoms with Gasteiger partial charge in [0.05, 0.1) is 31.0 Å². The Balaban J connectivity index is 0.000000162. The smallest absolute Gasteiger partial charge is 0.236 e. The summed E-state index contributed by atoms with van der Waals surface area (Å²) in [4.78, 5) is 36.0. The molecule has 6 heterocycles. The van der Waals surface area contributed by atoms with Crippen LogP contribution in [0.1, 0.15) is 51.1 Å². The number of likely N-dealkylation sites (N-methyl/N-ethyl adjacent to an activating group) is 1. The van der Waals surface area contributed by atoms with Crippen LogP contribution in [0.25, 0.3) is 44.1 Å². The Kier molecular flexibility index (Phi) is 10.2. The molecule has 0 bridgehead atoms. The van der Waals surface area contributed by atoms with E-state index in [1.807, 2.05) is 82.3 Å². The summed E-state index contributed by atoms with van der Waals surface area (Å²) in [5, 5.41) is 11.1. The molecule has 2 amide bonds. The maximum absolute atomic E-state index is 13.4. The number of likely N-dealkylation sites (tertiary alicyclic amines) is 2. The normalized spacial score (nSPS) is 15.8. The third-order valence-electron chi connectivity index (χ3n) is 10.2. The van der Waals surface area contributed by atoms with Gasteiger partial charge in [-0.1, -0.05) is 6.92 Å². The lowest BCUT2D eigenvalue weighted by molar-refractivity contribution is -0.133. The monoisotopic (exact) mass is 709 g/mol. The minimum atomic E-state index is -0.248. The van der Waals surface area contributed by atoms with Crippen molar-refractivity contribution in [2.45, 2.75) is 51.1 Å². The lowest BCUT2D eigenvalue weighted by Gasteiger charge is -2.32. The maximum Gasteiger partial charge on any atom is 0.236 e. The van der Waals surface area contributed by atoms with E-state index < -0.39 is 0 Å². The van der Waals surface area contributed by atoms with Crippen molar-refractivity contribution >= 4 is 33.6 Å². The first-order valence-corrected chi connectivity index (χ1v) is 18.0. The van der Waals surface area contributed by atoms with Gasteiger partial charge in [0.2, 0.25) is 11.8 Å². The van der Waals surface area contributed by atoms with E-state index in [1.54, 1.807) is 12.1 Å². The summed E-state index contributed by atoms with van der Waals surface area (Å²) in [6.07, 6.45) is 15.8. The van der Waals surface area contributed by atoms with Gasteiger partial charge in [0.1, 0.15) is 11.6 Å². The van der Waals surface area contributed by atoms with E-state index in [2.05, 4.69) is 20.2 Å². The molecule has 13 heteroatoms. The molecule has 11 nitrogen and oxygen atoms in total. The fourth-order valence-electron chi connectivity index (χ4n) is 7.38. The average Bonchev–Trinajstić information content (AvgIpc) is 3.97. The fourth-order valence-corrected chi connectivity index (χ4v) is 7.38. The van der Waals surface area contributed by atoms with E-state index in [0.717, 1.165) is 95.9 Å². The quantitative estimate of drug-likeness (QED) is 0.193. The Labute approximate surface area is 301 Å². The lowest BCUT2D eigenvalue weighted by atomic mass is 10.0. The highest BCUT2D eigenvalue weighted by molar-refractivity contribution is 5.96. The molecular weight excluding hydrogens is 664 g/mol. The van der Waals surface area contributed by atoms with Crippen molar-refractivity contribution < 1.29 is 18.4 Å². The summed E-state index contributed by atoms with van der Waals surface area (Å²) in [5.41, 5.74) is 5.65. The van der Waals surface area contributed by atoms with Gasteiger partial charge in [-0.3, -0.25) is 19.0 Å². The molecule has 2 N–H and O–H groups in total. The molecule has 8 rings (SSSR count). The number of H-pyrrole nitrogens is 2. The molecule has 2 saturated heterocycles. The van der Waals surface area contributed by atoms with Crippen molar-refractivity contribution in [3.05, 3.63) is 85.2 Å². The summed E-state index contributed by atoms with van der Waals surface area (Å²) >= 11 is 0. The summed E-state index contributed by atoms with van der Waals surface area (Å²) in [5.74, 6) is -0.0802. The number of aromatic nitrogens is 6. The summed E-state index contributed by atoms with van der Waals surface area (Å²) < 4.78 is 30.7. The molecule has 272 valence electrons. The predicted molar refractivity (Wildman–Crippen MR) is 198 cm³/mol. The first-order chi connectivity index (χ1) is 25.2. The van der Waals surface area contributed by atoms with Crippen LogP contribution < -0.4 is 0 Å². The number of nitrogens with zero attached hydrogens (tertiary/aromatic N) is 7. The predicted octanol–water partition coefficient (Wildman–Crippen LogP) is 6.64. The Bertz CT molecular complexity index is 2160. The van der Waals surface area contributed by atoms with Gasteiger partial charge in [0.25, 0.3) is 0 Å². The highest BCUT2D eigenvalue weighted by Gasteiger charge is 2.26. The molecule has 0 aliphatic carbocycles. The topological polar surface area (TPSA) is 111 Å². The van der Waals surface area contributed by atoms with Gasteiger partial charge < -0.3 is 24.7 Å². The second-order valence-electron chi connectivity index (χ2n) is 14.0. The zero-order valence-electron chi connectivity index (χ0n) is 29.9. The lowest BCUT2D eigenvalue weighted by Crippen LogP contribution is -2.43. The van der Waals surface area contributed by atoms with Gasteiger partial charge in [-0.05, 0) is 76.2 Å². The second kappa shape index (κ2) is 15.1. The largest absolute Gasteiger partial charge is 0.360 e. The van der Waals surface area contributed by atoms with Gasteiger partial charge >= 0.3 is 0 Å². The SMILES string of the molecule is CCC(=O)N1CCC(n2cc(-c3c[nH]c4cc(F)ccc34)cn2)CC1.CN(C)CC(=O)N1CCC(n2cc(-c3c[nH]c4cc(F)ccc34)cn2)CC1. The molecule has 4 aromatic heterocycles. The van der Waals surface area contributed by atoms with Gasteiger partial charge in [-0.15, -0.1) is 0 Å². The van der Waals surface area contributed by atoms with Crippen LogP contribution >= 0.6 is 0 Å². The number of nitrogens with one attached hydrogen (secondary N) is 2. The van der Waals surface area contributed by atoms with Crippen LogP contribution in [-0.2, 0) is 9.59 Å². The van der Waals surface area contributed by atoms with Gasteiger partial charge in [0.15, 0.2) is 0 Å². The van der Waals surface area contributed by atoms with Gasteiger partial charge in [-0.25, -0.2) is 8.78 Å². The number of aromatic amines is 2. The minimum Gasteiger partial charge on any atom is -0.360 e. The van der Waals surface area contributed by atoms with Gasteiger partial charge in [0, 0.05) is 101 Å². The van der Waals surface area contributed by atoms with E-state index in [0.29, 0.717) is 25.0 Å². The Morgan fingerprint density at radius 2 is 1.17 bits per heavy atom. The van der Waals surface area contributed by atoms with E-state index >= 15 is 0 Å². The third kappa shape index (κ3) is 7.50. The Hall–Kier alpha value is -5.30. The number of piperidine rings is 2. The number of halogens is 2. The van der Waals surface area contributed by atoms with E-state index in [9.17, 15) is 18.4 Å². The van der Waals surface area contributed by atoms with Crippen molar-refractivity contribution in [3.63, 3.8) is 0 Å². The Morgan fingerprint density at radius 1 is 0.731 bits per heavy atom. The highest BCUT2D eigenvalue weighted by Crippen LogP contribution is 2.32. The molecule has 2 aliphatic heterocycles. The van der Waals surface area contributed by atoms with Crippen molar-refractivity contribution in [2.75, 3.05) is 46.8 Å². The number of amides is 2. The number of fused-ring (bicyclic) bond motifs is 2. The highest BCUT2D eigenvalue weighted by atomic mass is 19.1. The first-order valence-electron chi connectivity index (χ1n) is 18.0. The number of hydrogen-bond donors (Lipinski definition) is 2. The number of carbonyl (C=O) groups excluding carboxylic acids is 2. The van der Waals surface area contributed by atoms with Crippen LogP contribution in [-0.4, -0.2) is 103 Å². The first kappa shape index (κ1) is 35.1. The van der Waals surface area contributed by atoms with Crippen LogP contribution in [0.15, 0.2) is 73.6 Å². The molecule has 6 aromatic rings. The molecule has 0 saturated carbocycles. The van der Waals surface area contributed by atoms with E-state index in [4.69, 9.17) is 0 Å². The third-order valence-corrected chi connectivity index (χ3v) is 10.2. The molecular formula is C39H45F2N9O2. The maximum atomic E-state index is 13.4. The molecule has 0 radical (unpaired) electrons. The zero-order valence-corrected chi connectivity index (χ0v) is 29.9. The molecule has 0 atom stereocenters. The van der Waals surface area contributed by atoms with Crippen LogP contribution in [0.5, 0.6) is 0 Å².